The van der Waals surface area contributed by atoms with Gasteiger partial charge in [-0.2, -0.15) is 0 Å². The van der Waals surface area contributed by atoms with Crippen LogP contribution in [0.25, 0.3) is 0 Å². The number of halogens is 2. The minimum Gasteiger partial charge on any atom is -0.352 e. The Kier molecular flexibility index (Phi) is 6.13. The highest BCUT2D eigenvalue weighted by Crippen LogP contribution is 2.26. The van der Waals surface area contributed by atoms with Crippen LogP contribution in [0.2, 0.25) is 0 Å². The van der Waals surface area contributed by atoms with Crippen LogP contribution in [0, 0.1) is 9.49 Å². The van der Waals surface area contributed by atoms with Crippen LogP contribution < -0.4 is 5.32 Å². The number of nitrogens with one attached hydrogen (secondary N) is 1. The van der Waals surface area contributed by atoms with Crippen molar-refractivity contribution in [3.05, 3.63) is 31.8 Å². The van der Waals surface area contributed by atoms with Crippen LogP contribution in [0.3, 0.4) is 0 Å². The molecule has 0 radical (unpaired) electrons. The summed E-state index contributed by atoms with van der Waals surface area (Å²) in [6.45, 7) is 0.793. The van der Waals surface area contributed by atoms with Crippen LogP contribution in [0.1, 0.15) is 48.9 Å². The van der Waals surface area contributed by atoms with E-state index in [4.69, 9.17) is 0 Å². The van der Waals surface area contributed by atoms with Crippen molar-refractivity contribution in [2.24, 2.45) is 5.92 Å². The SMILES string of the molecule is O=C(NCCC1CCCCC1)c1cc(I)ccc1Br. The second kappa shape index (κ2) is 7.62. The largest absolute Gasteiger partial charge is 0.352 e. The summed E-state index contributed by atoms with van der Waals surface area (Å²) < 4.78 is 1.95. The zero-order chi connectivity index (χ0) is 13.7. The van der Waals surface area contributed by atoms with Gasteiger partial charge in [-0.25, -0.2) is 0 Å². The number of rotatable bonds is 4. The maximum Gasteiger partial charge on any atom is 0.252 e. The lowest BCUT2D eigenvalue weighted by Crippen LogP contribution is -2.26. The van der Waals surface area contributed by atoms with Crippen LogP contribution in [0.4, 0.5) is 0 Å². The molecular weight excluding hydrogens is 417 g/mol. The second-order valence-corrected chi connectivity index (χ2v) is 7.27. The van der Waals surface area contributed by atoms with Crippen molar-refractivity contribution >= 4 is 44.4 Å². The lowest BCUT2D eigenvalue weighted by atomic mass is 9.87. The summed E-state index contributed by atoms with van der Waals surface area (Å²) >= 11 is 5.66. The molecule has 1 fully saturated rings. The standard InChI is InChI=1S/C15H19BrINO/c16-14-7-6-12(17)10-13(14)15(19)18-9-8-11-4-2-1-3-5-11/h6-7,10-11H,1-5,8-9H2,(H,18,19). The molecule has 1 aliphatic carbocycles. The molecule has 0 saturated heterocycles. The first-order chi connectivity index (χ1) is 9.16. The molecule has 104 valence electrons. The Morgan fingerprint density at radius 3 is 2.79 bits per heavy atom. The van der Waals surface area contributed by atoms with E-state index in [1.807, 2.05) is 18.2 Å². The number of hydrogen-bond acceptors (Lipinski definition) is 1. The first-order valence-corrected chi connectivity index (χ1v) is 8.77. The van der Waals surface area contributed by atoms with Crippen molar-refractivity contribution in [1.29, 1.82) is 0 Å². The van der Waals surface area contributed by atoms with E-state index in [9.17, 15) is 4.79 Å². The van der Waals surface area contributed by atoms with Gasteiger partial charge in [0.15, 0.2) is 0 Å². The lowest BCUT2D eigenvalue weighted by Gasteiger charge is -2.21. The Morgan fingerprint density at radius 2 is 2.05 bits per heavy atom. The van der Waals surface area contributed by atoms with E-state index >= 15 is 0 Å². The summed E-state index contributed by atoms with van der Waals surface area (Å²) in [4.78, 5) is 12.1. The van der Waals surface area contributed by atoms with Crippen LogP contribution >= 0.6 is 38.5 Å². The summed E-state index contributed by atoms with van der Waals surface area (Å²) in [5.41, 5.74) is 0.732. The highest BCUT2D eigenvalue weighted by Gasteiger charge is 2.14. The Morgan fingerprint density at radius 1 is 1.32 bits per heavy atom. The third kappa shape index (κ3) is 4.74. The molecule has 1 aromatic carbocycles. The zero-order valence-corrected chi connectivity index (χ0v) is 14.7. The van der Waals surface area contributed by atoms with Gasteiger partial charge in [-0.1, -0.05) is 32.1 Å². The van der Waals surface area contributed by atoms with E-state index in [0.29, 0.717) is 0 Å². The van der Waals surface area contributed by atoms with Gasteiger partial charge in [0.05, 0.1) is 5.56 Å². The molecule has 1 aromatic rings. The molecule has 19 heavy (non-hydrogen) atoms. The smallest absolute Gasteiger partial charge is 0.252 e. The van der Waals surface area contributed by atoms with E-state index in [-0.39, 0.29) is 5.91 Å². The van der Waals surface area contributed by atoms with Gasteiger partial charge in [0, 0.05) is 14.6 Å². The number of benzene rings is 1. The van der Waals surface area contributed by atoms with Gasteiger partial charge >= 0.3 is 0 Å². The van der Waals surface area contributed by atoms with Gasteiger partial charge in [-0.3, -0.25) is 4.79 Å². The minimum absolute atomic E-state index is 0.0289. The molecule has 0 heterocycles. The Bertz CT molecular complexity index is 444. The van der Waals surface area contributed by atoms with Gasteiger partial charge in [-0.15, -0.1) is 0 Å². The fourth-order valence-corrected chi connectivity index (χ4v) is 3.55. The molecule has 1 N–H and O–H groups in total. The van der Waals surface area contributed by atoms with E-state index in [1.54, 1.807) is 0 Å². The molecule has 4 heteroatoms. The Balaban J connectivity index is 1.82. The summed E-state index contributed by atoms with van der Waals surface area (Å²) in [5.74, 6) is 0.842. The molecule has 1 amide bonds. The lowest BCUT2D eigenvalue weighted by molar-refractivity contribution is 0.0949. The molecule has 1 saturated carbocycles. The van der Waals surface area contributed by atoms with Gasteiger partial charge in [-0.05, 0) is 69.1 Å². The maximum atomic E-state index is 12.1. The third-order valence-corrected chi connectivity index (χ3v) is 5.10. The van der Waals surface area contributed by atoms with Crippen molar-refractivity contribution in [2.75, 3.05) is 6.54 Å². The second-order valence-electron chi connectivity index (χ2n) is 5.17. The van der Waals surface area contributed by atoms with Gasteiger partial charge in [0.1, 0.15) is 0 Å². The fourth-order valence-electron chi connectivity index (χ4n) is 2.63. The molecule has 0 aliphatic heterocycles. The molecule has 2 rings (SSSR count). The predicted molar refractivity (Wildman–Crippen MR) is 90.4 cm³/mol. The van der Waals surface area contributed by atoms with Crippen LogP contribution in [-0.4, -0.2) is 12.5 Å². The number of carbonyl (C=O) groups excluding carboxylic acids is 1. The van der Waals surface area contributed by atoms with E-state index in [2.05, 4.69) is 43.8 Å². The molecule has 2 nitrogen and oxygen atoms in total. The topological polar surface area (TPSA) is 29.1 Å². The van der Waals surface area contributed by atoms with Crippen molar-refractivity contribution in [2.45, 2.75) is 38.5 Å². The van der Waals surface area contributed by atoms with Crippen LogP contribution in [0.5, 0.6) is 0 Å². The minimum atomic E-state index is 0.0289. The molecule has 1 aliphatic rings. The Labute approximate surface area is 137 Å². The van der Waals surface area contributed by atoms with Crippen molar-refractivity contribution in [3.8, 4) is 0 Å². The summed E-state index contributed by atoms with van der Waals surface area (Å²) in [7, 11) is 0. The first kappa shape index (κ1) is 15.3. The Hall–Kier alpha value is -0.100. The monoisotopic (exact) mass is 435 g/mol. The van der Waals surface area contributed by atoms with Crippen LogP contribution in [-0.2, 0) is 0 Å². The average Bonchev–Trinajstić information content (AvgIpc) is 2.42. The van der Waals surface area contributed by atoms with Crippen molar-refractivity contribution in [3.63, 3.8) is 0 Å². The fraction of sp³-hybridized carbons (Fsp3) is 0.533. The third-order valence-electron chi connectivity index (χ3n) is 3.74. The molecule has 0 aromatic heterocycles. The van der Waals surface area contributed by atoms with E-state index in [0.717, 1.165) is 32.5 Å². The van der Waals surface area contributed by atoms with Gasteiger partial charge < -0.3 is 5.32 Å². The molecular formula is C15H19BrINO. The summed E-state index contributed by atoms with van der Waals surface area (Å²) in [6, 6.07) is 5.84. The first-order valence-electron chi connectivity index (χ1n) is 6.90. The van der Waals surface area contributed by atoms with Crippen molar-refractivity contribution < 1.29 is 4.79 Å². The van der Waals surface area contributed by atoms with E-state index in [1.165, 1.54) is 32.1 Å². The number of hydrogen-bond donors (Lipinski definition) is 1. The summed E-state index contributed by atoms with van der Waals surface area (Å²) in [5, 5.41) is 3.04. The van der Waals surface area contributed by atoms with Crippen molar-refractivity contribution in [1.82, 2.24) is 5.32 Å². The highest BCUT2D eigenvalue weighted by molar-refractivity contribution is 14.1. The quantitative estimate of drug-likeness (QED) is 0.679. The molecule has 0 unspecified atom stereocenters. The predicted octanol–water partition coefficient (Wildman–Crippen LogP) is 4.75. The zero-order valence-electron chi connectivity index (χ0n) is 10.9. The van der Waals surface area contributed by atoms with Gasteiger partial charge in [0.2, 0.25) is 0 Å². The van der Waals surface area contributed by atoms with Crippen LogP contribution in [0.15, 0.2) is 22.7 Å². The van der Waals surface area contributed by atoms with E-state index < -0.39 is 0 Å². The molecule has 0 atom stereocenters. The normalized spacial score (nSPS) is 16.3. The average molecular weight is 436 g/mol. The summed E-state index contributed by atoms with van der Waals surface area (Å²) in [6.07, 6.45) is 7.90. The number of amides is 1. The molecule has 0 spiro atoms. The number of carbonyl (C=O) groups is 1. The molecule has 0 bridgehead atoms. The van der Waals surface area contributed by atoms with Gasteiger partial charge in [0.25, 0.3) is 5.91 Å². The highest BCUT2D eigenvalue weighted by atomic mass is 127. The maximum absolute atomic E-state index is 12.1.